The molecular formula is C20H22FNO5S. The second kappa shape index (κ2) is 7.79. The van der Waals surface area contributed by atoms with Crippen molar-refractivity contribution in [3.05, 3.63) is 53.3 Å². The van der Waals surface area contributed by atoms with E-state index >= 15 is 0 Å². The number of hydrogen-bond acceptors (Lipinski definition) is 5. The number of fused-ring (bicyclic) bond motifs is 1. The normalized spacial score (nSPS) is 14.9. The van der Waals surface area contributed by atoms with Crippen LogP contribution in [0.3, 0.4) is 0 Å². The maximum absolute atomic E-state index is 13.1. The predicted octanol–water partition coefficient (Wildman–Crippen LogP) is 2.59. The van der Waals surface area contributed by atoms with Gasteiger partial charge in [0.15, 0.2) is 21.3 Å². The summed E-state index contributed by atoms with van der Waals surface area (Å²) in [6, 6.07) is 8.19. The van der Waals surface area contributed by atoms with Gasteiger partial charge in [0.1, 0.15) is 11.1 Å². The van der Waals surface area contributed by atoms with Gasteiger partial charge in [-0.3, -0.25) is 4.79 Å². The van der Waals surface area contributed by atoms with Gasteiger partial charge >= 0.3 is 0 Å². The van der Waals surface area contributed by atoms with E-state index in [1.54, 1.807) is 7.11 Å². The quantitative estimate of drug-likeness (QED) is 0.713. The molecule has 6 nitrogen and oxygen atoms in total. The summed E-state index contributed by atoms with van der Waals surface area (Å²) in [7, 11) is -0.812. The summed E-state index contributed by atoms with van der Waals surface area (Å²) in [5.41, 5.74) is 1.93. The number of carbonyl (C=O) groups is 1. The van der Waals surface area contributed by atoms with Crippen LogP contribution < -0.4 is 9.47 Å². The Morgan fingerprint density at radius 3 is 2.21 bits per heavy atom. The SMILES string of the molecule is COc1cc2c(cc1OC)CN(C(=O)C(C)S(=O)(=O)c1ccc(F)cc1)CC2. The molecule has 1 amide bonds. The Labute approximate surface area is 163 Å². The van der Waals surface area contributed by atoms with Crippen LogP contribution in [-0.4, -0.2) is 45.2 Å². The molecule has 8 heteroatoms. The molecule has 1 aliphatic heterocycles. The number of sulfone groups is 1. The summed E-state index contributed by atoms with van der Waals surface area (Å²) < 4.78 is 49.2. The van der Waals surface area contributed by atoms with Crippen LogP contribution in [0.15, 0.2) is 41.3 Å². The third kappa shape index (κ3) is 3.69. The minimum atomic E-state index is -3.91. The summed E-state index contributed by atoms with van der Waals surface area (Å²) in [4.78, 5) is 14.3. The van der Waals surface area contributed by atoms with Crippen molar-refractivity contribution in [3.8, 4) is 11.5 Å². The topological polar surface area (TPSA) is 72.9 Å². The summed E-state index contributed by atoms with van der Waals surface area (Å²) in [5.74, 6) is 0.163. The van der Waals surface area contributed by atoms with Gasteiger partial charge in [0.05, 0.1) is 19.1 Å². The molecular weight excluding hydrogens is 385 g/mol. The van der Waals surface area contributed by atoms with E-state index in [0.717, 1.165) is 23.3 Å². The monoisotopic (exact) mass is 407 g/mol. The summed E-state index contributed by atoms with van der Waals surface area (Å²) >= 11 is 0. The highest BCUT2D eigenvalue weighted by atomic mass is 32.2. The number of halogens is 1. The lowest BCUT2D eigenvalue weighted by molar-refractivity contribution is -0.131. The number of benzene rings is 2. The third-order valence-corrected chi connectivity index (χ3v) is 7.05. The van der Waals surface area contributed by atoms with Crippen molar-refractivity contribution in [2.75, 3.05) is 20.8 Å². The van der Waals surface area contributed by atoms with Crippen LogP contribution in [0.2, 0.25) is 0 Å². The molecule has 0 saturated carbocycles. The molecule has 150 valence electrons. The molecule has 0 saturated heterocycles. The van der Waals surface area contributed by atoms with Crippen LogP contribution in [0.5, 0.6) is 11.5 Å². The first-order valence-electron chi connectivity index (χ1n) is 8.80. The highest BCUT2D eigenvalue weighted by Crippen LogP contribution is 2.33. The van der Waals surface area contributed by atoms with Crippen LogP contribution in [0, 0.1) is 5.82 Å². The molecule has 1 unspecified atom stereocenters. The van der Waals surface area contributed by atoms with Gasteiger partial charge in [0, 0.05) is 13.1 Å². The zero-order valence-corrected chi connectivity index (χ0v) is 16.8. The Kier molecular flexibility index (Phi) is 5.60. The van der Waals surface area contributed by atoms with Gasteiger partial charge < -0.3 is 14.4 Å². The van der Waals surface area contributed by atoms with E-state index in [1.807, 2.05) is 12.1 Å². The van der Waals surface area contributed by atoms with Crippen molar-refractivity contribution in [1.82, 2.24) is 4.90 Å². The zero-order valence-electron chi connectivity index (χ0n) is 15.9. The van der Waals surface area contributed by atoms with Crippen molar-refractivity contribution >= 4 is 15.7 Å². The average molecular weight is 407 g/mol. The maximum atomic E-state index is 13.1. The fraction of sp³-hybridized carbons (Fsp3) is 0.350. The van der Waals surface area contributed by atoms with Crippen LogP contribution in [0.1, 0.15) is 18.1 Å². The Balaban J connectivity index is 1.83. The van der Waals surface area contributed by atoms with Crippen LogP contribution in [0.4, 0.5) is 4.39 Å². The molecule has 0 bridgehead atoms. The first-order valence-corrected chi connectivity index (χ1v) is 10.3. The third-order valence-electron chi connectivity index (χ3n) is 4.99. The molecule has 3 rings (SSSR count). The van der Waals surface area contributed by atoms with E-state index in [2.05, 4.69) is 0 Å². The van der Waals surface area contributed by atoms with Gasteiger partial charge in [-0.15, -0.1) is 0 Å². The van der Waals surface area contributed by atoms with Crippen molar-refractivity contribution in [3.63, 3.8) is 0 Å². The number of rotatable bonds is 5. The molecule has 0 radical (unpaired) electrons. The number of nitrogens with zero attached hydrogens (tertiary/aromatic N) is 1. The average Bonchev–Trinajstić information content (AvgIpc) is 2.71. The molecule has 0 aliphatic carbocycles. The molecule has 0 spiro atoms. The fourth-order valence-electron chi connectivity index (χ4n) is 3.29. The first-order chi connectivity index (χ1) is 13.3. The summed E-state index contributed by atoms with van der Waals surface area (Å²) in [6.07, 6.45) is 0.588. The van der Waals surface area contributed by atoms with Crippen LogP contribution in [-0.2, 0) is 27.6 Å². The van der Waals surface area contributed by atoms with Crippen molar-refractivity contribution in [2.24, 2.45) is 0 Å². The second-order valence-electron chi connectivity index (χ2n) is 6.63. The minimum absolute atomic E-state index is 0.0708. The van der Waals surface area contributed by atoms with Crippen LogP contribution in [0.25, 0.3) is 0 Å². The summed E-state index contributed by atoms with van der Waals surface area (Å²) in [5, 5.41) is -1.26. The zero-order chi connectivity index (χ0) is 20.5. The molecule has 1 aliphatic rings. The van der Waals surface area contributed by atoms with Crippen molar-refractivity contribution in [2.45, 2.75) is 30.0 Å². The number of ether oxygens (including phenoxy) is 2. The maximum Gasteiger partial charge on any atom is 0.241 e. The molecule has 0 N–H and O–H groups in total. The van der Waals surface area contributed by atoms with Gasteiger partial charge in [-0.05, 0) is 60.9 Å². The van der Waals surface area contributed by atoms with E-state index in [1.165, 1.54) is 31.1 Å². The molecule has 2 aromatic carbocycles. The van der Waals surface area contributed by atoms with E-state index in [9.17, 15) is 17.6 Å². The van der Waals surface area contributed by atoms with Gasteiger partial charge in [0.25, 0.3) is 0 Å². The summed E-state index contributed by atoms with van der Waals surface area (Å²) in [6.45, 7) is 2.06. The molecule has 2 aromatic rings. The highest BCUT2D eigenvalue weighted by molar-refractivity contribution is 7.92. The number of carbonyl (C=O) groups excluding carboxylic acids is 1. The van der Waals surface area contributed by atoms with E-state index in [0.29, 0.717) is 24.5 Å². The van der Waals surface area contributed by atoms with Gasteiger partial charge in [-0.2, -0.15) is 0 Å². The Morgan fingerprint density at radius 2 is 1.64 bits per heavy atom. The first kappa shape index (κ1) is 20.1. The van der Waals surface area contributed by atoms with Crippen molar-refractivity contribution < 1.29 is 27.1 Å². The van der Waals surface area contributed by atoms with Gasteiger partial charge in [-0.25, -0.2) is 12.8 Å². The van der Waals surface area contributed by atoms with E-state index < -0.39 is 26.8 Å². The van der Waals surface area contributed by atoms with E-state index in [-0.39, 0.29) is 11.4 Å². The lowest BCUT2D eigenvalue weighted by Crippen LogP contribution is -2.44. The fourth-order valence-corrected chi connectivity index (χ4v) is 4.63. The minimum Gasteiger partial charge on any atom is -0.493 e. The number of amides is 1. The molecule has 0 aromatic heterocycles. The van der Waals surface area contributed by atoms with Gasteiger partial charge in [0.2, 0.25) is 5.91 Å². The molecule has 28 heavy (non-hydrogen) atoms. The molecule has 1 atom stereocenters. The van der Waals surface area contributed by atoms with E-state index in [4.69, 9.17) is 9.47 Å². The smallest absolute Gasteiger partial charge is 0.241 e. The van der Waals surface area contributed by atoms with Crippen molar-refractivity contribution in [1.29, 1.82) is 0 Å². The molecule has 0 fully saturated rings. The largest absolute Gasteiger partial charge is 0.493 e. The number of hydrogen-bond donors (Lipinski definition) is 0. The van der Waals surface area contributed by atoms with Gasteiger partial charge in [-0.1, -0.05) is 0 Å². The molecule has 1 heterocycles. The predicted molar refractivity (Wildman–Crippen MR) is 102 cm³/mol. The Morgan fingerprint density at radius 1 is 1.07 bits per heavy atom. The Bertz CT molecular complexity index is 988. The lowest BCUT2D eigenvalue weighted by atomic mass is 9.98. The van der Waals surface area contributed by atoms with Crippen LogP contribution >= 0.6 is 0 Å². The standard InChI is InChI=1S/C20H22FNO5S/c1-13(28(24,25)17-6-4-16(21)5-7-17)20(23)22-9-8-14-10-18(26-2)19(27-3)11-15(14)12-22/h4-7,10-11,13H,8-9,12H2,1-3H3. The second-order valence-corrected chi connectivity index (χ2v) is 8.90. The highest BCUT2D eigenvalue weighted by Gasteiger charge is 2.34. The number of methoxy groups -OCH3 is 2. The lowest BCUT2D eigenvalue weighted by Gasteiger charge is -2.31. The Hall–Kier alpha value is -2.61.